The Kier molecular flexibility index (Phi) is 6.59. The van der Waals surface area contributed by atoms with E-state index in [0.29, 0.717) is 24.3 Å². The van der Waals surface area contributed by atoms with Crippen molar-refractivity contribution in [3.05, 3.63) is 23.8 Å². The molecular weight excluding hydrogens is 392 g/mol. The number of ketones is 1. The van der Waals surface area contributed by atoms with Crippen molar-refractivity contribution >= 4 is 23.7 Å². The minimum Gasteiger partial charge on any atom is -0.497 e. The molecule has 0 bridgehead atoms. The molecule has 0 unspecified atom stereocenters. The van der Waals surface area contributed by atoms with E-state index in [4.69, 9.17) is 14.2 Å². The Morgan fingerprint density at radius 1 is 1.13 bits per heavy atom. The van der Waals surface area contributed by atoms with Crippen molar-refractivity contribution in [1.82, 2.24) is 10.2 Å². The van der Waals surface area contributed by atoms with Crippen molar-refractivity contribution in [3.63, 3.8) is 0 Å². The normalized spacial score (nSPS) is 17.2. The fourth-order valence-corrected chi connectivity index (χ4v) is 3.91. The second-order valence-corrected chi connectivity index (χ2v) is 7.43. The van der Waals surface area contributed by atoms with Gasteiger partial charge < -0.3 is 19.5 Å². The topological polar surface area (TPSA) is 111 Å². The van der Waals surface area contributed by atoms with Crippen LogP contribution in [-0.2, 0) is 14.3 Å². The number of amides is 3. The van der Waals surface area contributed by atoms with Crippen molar-refractivity contribution in [2.45, 2.75) is 44.1 Å². The van der Waals surface area contributed by atoms with E-state index in [1.54, 1.807) is 12.1 Å². The van der Waals surface area contributed by atoms with Crippen molar-refractivity contribution in [1.29, 1.82) is 0 Å². The minimum absolute atomic E-state index is 0.00736. The molecule has 0 aromatic heterocycles. The van der Waals surface area contributed by atoms with Crippen molar-refractivity contribution < 1.29 is 33.4 Å². The lowest BCUT2D eigenvalue weighted by Crippen LogP contribution is -2.44. The molecule has 1 saturated heterocycles. The van der Waals surface area contributed by atoms with E-state index in [1.165, 1.54) is 25.2 Å². The van der Waals surface area contributed by atoms with Gasteiger partial charge in [0.25, 0.3) is 5.91 Å². The summed E-state index contributed by atoms with van der Waals surface area (Å²) in [5.74, 6) is -0.363. The van der Waals surface area contributed by atoms with Crippen LogP contribution >= 0.6 is 0 Å². The Hall–Kier alpha value is -3.10. The first kappa shape index (κ1) is 21.6. The van der Waals surface area contributed by atoms with Crippen molar-refractivity contribution in [2.24, 2.45) is 0 Å². The first-order valence-corrected chi connectivity index (χ1v) is 9.95. The molecule has 3 amide bonds. The van der Waals surface area contributed by atoms with Gasteiger partial charge in [0.1, 0.15) is 17.0 Å². The summed E-state index contributed by atoms with van der Waals surface area (Å²) >= 11 is 0. The van der Waals surface area contributed by atoms with E-state index in [1.807, 2.05) is 0 Å². The molecule has 30 heavy (non-hydrogen) atoms. The van der Waals surface area contributed by atoms with E-state index in [-0.39, 0.29) is 30.9 Å². The lowest BCUT2D eigenvalue weighted by Gasteiger charge is -2.19. The zero-order valence-electron chi connectivity index (χ0n) is 17.2. The van der Waals surface area contributed by atoms with Gasteiger partial charge in [0.15, 0.2) is 6.61 Å². The van der Waals surface area contributed by atoms with Crippen molar-refractivity contribution in [2.75, 3.05) is 27.4 Å². The van der Waals surface area contributed by atoms with Crippen LogP contribution in [0, 0.1) is 0 Å². The molecule has 2 aliphatic rings. The monoisotopic (exact) mass is 418 g/mol. The SMILES string of the molecule is COc1ccc(OC)c(C(=O)COC(=O)CCCN2C(=O)NC3(CCCC3)C2=O)c1. The van der Waals surface area contributed by atoms with Crippen LogP contribution in [-0.4, -0.2) is 61.5 Å². The average molecular weight is 418 g/mol. The van der Waals surface area contributed by atoms with Crippen LogP contribution < -0.4 is 14.8 Å². The summed E-state index contributed by atoms with van der Waals surface area (Å²) < 4.78 is 15.3. The molecule has 0 radical (unpaired) electrons. The predicted octanol–water partition coefficient (Wildman–Crippen LogP) is 2.07. The average Bonchev–Trinajstić information content (AvgIpc) is 3.31. The molecule has 2 fully saturated rings. The minimum atomic E-state index is -0.750. The van der Waals surface area contributed by atoms with Gasteiger partial charge in [0.2, 0.25) is 5.78 Å². The maximum absolute atomic E-state index is 12.6. The number of nitrogens with zero attached hydrogens (tertiary/aromatic N) is 1. The number of ether oxygens (including phenoxy) is 3. The van der Waals surface area contributed by atoms with Crippen LogP contribution in [0.4, 0.5) is 4.79 Å². The Balaban J connectivity index is 1.46. The number of imide groups is 1. The second-order valence-electron chi connectivity index (χ2n) is 7.43. The highest BCUT2D eigenvalue weighted by molar-refractivity contribution is 6.07. The Morgan fingerprint density at radius 3 is 2.53 bits per heavy atom. The number of hydrogen-bond acceptors (Lipinski definition) is 7. The number of carbonyl (C=O) groups is 4. The highest BCUT2D eigenvalue weighted by atomic mass is 16.5. The molecular formula is C21H26N2O7. The van der Waals surface area contributed by atoms with Gasteiger partial charge in [-0.05, 0) is 37.5 Å². The van der Waals surface area contributed by atoms with E-state index in [0.717, 1.165) is 12.8 Å². The van der Waals surface area contributed by atoms with E-state index in [9.17, 15) is 19.2 Å². The van der Waals surface area contributed by atoms with Gasteiger partial charge in [0, 0.05) is 13.0 Å². The highest BCUT2D eigenvalue weighted by Crippen LogP contribution is 2.35. The van der Waals surface area contributed by atoms with Crippen LogP contribution in [0.25, 0.3) is 0 Å². The molecule has 9 nitrogen and oxygen atoms in total. The highest BCUT2D eigenvalue weighted by Gasteiger charge is 2.52. The van der Waals surface area contributed by atoms with E-state index in [2.05, 4.69) is 5.32 Å². The number of nitrogens with one attached hydrogen (secondary N) is 1. The third-order valence-electron chi connectivity index (χ3n) is 5.54. The fraction of sp³-hybridized carbons (Fsp3) is 0.524. The zero-order valence-corrected chi connectivity index (χ0v) is 17.2. The van der Waals surface area contributed by atoms with E-state index >= 15 is 0 Å². The van der Waals surface area contributed by atoms with Gasteiger partial charge in [-0.2, -0.15) is 0 Å². The Morgan fingerprint density at radius 2 is 1.87 bits per heavy atom. The molecule has 1 N–H and O–H groups in total. The molecule has 1 aromatic carbocycles. The molecule has 1 aliphatic heterocycles. The molecule has 1 heterocycles. The smallest absolute Gasteiger partial charge is 0.325 e. The van der Waals surface area contributed by atoms with Gasteiger partial charge >= 0.3 is 12.0 Å². The van der Waals surface area contributed by atoms with Gasteiger partial charge in [-0.15, -0.1) is 0 Å². The number of benzene rings is 1. The van der Waals surface area contributed by atoms with E-state index < -0.39 is 29.9 Å². The second kappa shape index (κ2) is 9.15. The van der Waals surface area contributed by atoms with Gasteiger partial charge in [0.05, 0.1) is 19.8 Å². The number of rotatable bonds is 9. The van der Waals surface area contributed by atoms with Gasteiger partial charge in [-0.1, -0.05) is 12.8 Å². The maximum Gasteiger partial charge on any atom is 0.325 e. The molecule has 1 saturated carbocycles. The summed E-state index contributed by atoms with van der Waals surface area (Å²) in [4.78, 5) is 50.2. The van der Waals surface area contributed by atoms with Crippen LogP contribution in [0.2, 0.25) is 0 Å². The molecule has 0 atom stereocenters. The molecule has 1 aliphatic carbocycles. The summed E-state index contributed by atoms with van der Waals surface area (Å²) in [5, 5.41) is 2.80. The third kappa shape index (κ3) is 4.39. The first-order chi connectivity index (χ1) is 14.4. The summed E-state index contributed by atoms with van der Waals surface area (Å²) in [6, 6.07) is 4.37. The quantitative estimate of drug-likeness (QED) is 0.371. The summed E-state index contributed by atoms with van der Waals surface area (Å²) in [6.07, 6.45) is 3.41. The predicted molar refractivity (Wildman–Crippen MR) is 106 cm³/mol. The molecule has 9 heteroatoms. The first-order valence-electron chi connectivity index (χ1n) is 9.95. The largest absolute Gasteiger partial charge is 0.497 e. The van der Waals surface area contributed by atoms with Crippen molar-refractivity contribution in [3.8, 4) is 11.5 Å². The number of Topliss-reactive ketones (excluding diaryl/α,β-unsaturated/α-hetero) is 1. The lowest BCUT2D eigenvalue weighted by molar-refractivity contribution is -0.143. The summed E-state index contributed by atoms with van der Waals surface area (Å²) in [6.45, 7) is -0.298. The number of urea groups is 1. The van der Waals surface area contributed by atoms with Crippen LogP contribution in [0.15, 0.2) is 18.2 Å². The summed E-state index contributed by atoms with van der Waals surface area (Å²) in [5.41, 5.74) is -0.495. The standard InChI is InChI=1S/C21H26N2O7/c1-28-14-7-8-17(29-2)15(12-14)16(24)13-30-18(25)6-5-11-23-19(26)21(22-20(23)27)9-3-4-10-21/h7-8,12H,3-6,9-11,13H2,1-2H3,(H,22,27). The van der Waals surface area contributed by atoms with Crippen LogP contribution in [0.5, 0.6) is 11.5 Å². The Labute approximate surface area is 174 Å². The fourth-order valence-electron chi connectivity index (χ4n) is 3.91. The number of esters is 1. The molecule has 3 rings (SSSR count). The van der Waals surface area contributed by atoms with Gasteiger partial charge in [-0.3, -0.25) is 19.3 Å². The maximum atomic E-state index is 12.6. The summed E-state index contributed by atoms with van der Waals surface area (Å²) in [7, 11) is 2.92. The third-order valence-corrected chi connectivity index (χ3v) is 5.54. The number of methoxy groups -OCH3 is 2. The number of carbonyl (C=O) groups excluding carboxylic acids is 4. The Bertz CT molecular complexity index is 846. The molecule has 1 aromatic rings. The molecule has 162 valence electrons. The number of hydrogen-bond donors (Lipinski definition) is 1. The lowest BCUT2D eigenvalue weighted by atomic mass is 9.98. The zero-order chi connectivity index (χ0) is 21.7. The van der Waals surface area contributed by atoms with Gasteiger partial charge in [-0.25, -0.2) is 4.79 Å². The van der Waals surface area contributed by atoms with Crippen LogP contribution in [0.3, 0.4) is 0 Å². The van der Waals surface area contributed by atoms with Crippen LogP contribution in [0.1, 0.15) is 48.9 Å². The molecule has 1 spiro atoms.